The molecule has 5 heteroatoms. The molecule has 134 valence electrons. The Kier molecular flexibility index (Phi) is 6.78. The average Bonchev–Trinajstić information content (AvgIpc) is 3.03. The molecule has 0 saturated carbocycles. The Hall–Kier alpha value is -1.43. The molecule has 1 heterocycles. The molecule has 1 saturated heterocycles. The van der Waals surface area contributed by atoms with Crippen molar-refractivity contribution >= 4 is 5.91 Å². The number of rotatable bonds is 8. The Morgan fingerprint density at radius 3 is 2.71 bits per heavy atom. The second kappa shape index (κ2) is 8.60. The van der Waals surface area contributed by atoms with Crippen molar-refractivity contribution in [3.8, 4) is 0 Å². The zero-order valence-electron chi connectivity index (χ0n) is 15.2. The van der Waals surface area contributed by atoms with Crippen LogP contribution in [0.15, 0.2) is 30.3 Å². The molecule has 3 unspecified atom stereocenters. The highest BCUT2D eigenvalue weighted by Crippen LogP contribution is 2.24. The first kappa shape index (κ1) is 18.9. The van der Waals surface area contributed by atoms with Gasteiger partial charge in [0.15, 0.2) is 0 Å². The fraction of sp³-hybridized carbons (Fsp3) is 0.632. The first-order chi connectivity index (χ1) is 11.4. The SMILES string of the molecule is CCCC(C)(N)C(=O)N(C)CCCC1CC(c2ccccc2)NN1. The van der Waals surface area contributed by atoms with E-state index in [4.69, 9.17) is 5.73 Å². The van der Waals surface area contributed by atoms with Crippen LogP contribution in [-0.4, -0.2) is 36.0 Å². The smallest absolute Gasteiger partial charge is 0.242 e. The Bertz CT molecular complexity index is 517. The fourth-order valence-electron chi connectivity index (χ4n) is 3.45. The van der Waals surface area contributed by atoms with E-state index in [9.17, 15) is 4.79 Å². The molecular formula is C19H32N4O. The van der Waals surface area contributed by atoms with Crippen molar-refractivity contribution in [2.45, 2.75) is 63.6 Å². The van der Waals surface area contributed by atoms with E-state index in [0.29, 0.717) is 12.1 Å². The molecule has 3 atom stereocenters. The van der Waals surface area contributed by atoms with Crippen molar-refractivity contribution in [2.75, 3.05) is 13.6 Å². The number of likely N-dealkylation sites (N-methyl/N-ethyl adjacent to an activating group) is 1. The van der Waals surface area contributed by atoms with Gasteiger partial charge in [0.25, 0.3) is 0 Å². The first-order valence-electron chi connectivity index (χ1n) is 9.04. The van der Waals surface area contributed by atoms with E-state index in [-0.39, 0.29) is 5.91 Å². The third-order valence-corrected chi connectivity index (χ3v) is 4.83. The number of amides is 1. The number of hydrogen-bond acceptors (Lipinski definition) is 4. The standard InChI is InChI=1S/C19H32N4O/c1-4-12-19(2,20)18(24)23(3)13-8-11-16-14-17(22-21-16)15-9-6-5-7-10-15/h5-7,9-10,16-17,21-22H,4,8,11-14,20H2,1-3H3. The molecule has 1 aliphatic rings. The molecule has 5 nitrogen and oxygen atoms in total. The second-order valence-electron chi connectivity index (χ2n) is 7.22. The van der Waals surface area contributed by atoms with Gasteiger partial charge < -0.3 is 10.6 Å². The number of hydrazine groups is 1. The predicted molar refractivity (Wildman–Crippen MR) is 98.2 cm³/mol. The van der Waals surface area contributed by atoms with Gasteiger partial charge in [0.2, 0.25) is 5.91 Å². The van der Waals surface area contributed by atoms with E-state index in [2.05, 4.69) is 42.0 Å². The maximum Gasteiger partial charge on any atom is 0.242 e. The summed E-state index contributed by atoms with van der Waals surface area (Å²) in [6.45, 7) is 4.64. The summed E-state index contributed by atoms with van der Waals surface area (Å²) in [6.07, 6.45) is 4.74. The van der Waals surface area contributed by atoms with E-state index >= 15 is 0 Å². The summed E-state index contributed by atoms with van der Waals surface area (Å²) in [5, 5.41) is 0. The summed E-state index contributed by atoms with van der Waals surface area (Å²) in [6, 6.07) is 11.3. The molecule has 1 aliphatic heterocycles. The molecule has 0 aliphatic carbocycles. The van der Waals surface area contributed by atoms with Crippen molar-refractivity contribution in [1.82, 2.24) is 15.8 Å². The van der Waals surface area contributed by atoms with Gasteiger partial charge in [-0.15, -0.1) is 0 Å². The normalized spacial score (nSPS) is 23.0. The minimum Gasteiger partial charge on any atom is -0.344 e. The van der Waals surface area contributed by atoms with Crippen molar-refractivity contribution < 1.29 is 4.79 Å². The van der Waals surface area contributed by atoms with Crippen LogP contribution in [0.2, 0.25) is 0 Å². The lowest BCUT2D eigenvalue weighted by atomic mass is 9.95. The van der Waals surface area contributed by atoms with Gasteiger partial charge in [-0.05, 0) is 38.2 Å². The molecule has 4 N–H and O–H groups in total. The van der Waals surface area contributed by atoms with Gasteiger partial charge in [-0.3, -0.25) is 15.6 Å². The minimum absolute atomic E-state index is 0.0454. The number of nitrogens with zero attached hydrogens (tertiary/aromatic N) is 1. The minimum atomic E-state index is -0.741. The van der Waals surface area contributed by atoms with Crippen molar-refractivity contribution in [2.24, 2.45) is 5.73 Å². The van der Waals surface area contributed by atoms with Crippen molar-refractivity contribution in [1.29, 1.82) is 0 Å². The largest absolute Gasteiger partial charge is 0.344 e. The number of carbonyl (C=O) groups is 1. The van der Waals surface area contributed by atoms with E-state index in [0.717, 1.165) is 38.6 Å². The molecule has 1 amide bonds. The number of hydrogen-bond donors (Lipinski definition) is 3. The van der Waals surface area contributed by atoms with Crippen LogP contribution in [0, 0.1) is 0 Å². The number of nitrogens with one attached hydrogen (secondary N) is 2. The lowest BCUT2D eigenvalue weighted by Gasteiger charge is -2.29. The van der Waals surface area contributed by atoms with E-state index < -0.39 is 5.54 Å². The van der Waals surface area contributed by atoms with Crippen LogP contribution in [0.25, 0.3) is 0 Å². The lowest BCUT2D eigenvalue weighted by Crippen LogP contribution is -2.52. The molecule has 1 aromatic rings. The monoisotopic (exact) mass is 332 g/mol. The van der Waals surface area contributed by atoms with Crippen LogP contribution in [0.3, 0.4) is 0 Å². The highest BCUT2D eigenvalue weighted by Gasteiger charge is 2.30. The Morgan fingerprint density at radius 1 is 1.33 bits per heavy atom. The van der Waals surface area contributed by atoms with Gasteiger partial charge in [0.05, 0.1) is 5.54 Å². The number of benzene rings is 1. The predicted octanol–water partition coefficient (Wildman–Crippen LogP) is 2.35. The Morgan fingerprint density at radius 2 is 2.04 bits per heavy atom. The van der Waals surface area contributed by atoms with Crippen molar-refractivity contribution in [3.63, 3.8) is 0 Å². The van der Waals surface area contributed by atoms with Gasteiger partial charge >= 0.3 is 0 Å². The van der Waals surface area contributed by atoms with Gasteiger partial charge in [-0.25, -0.2) is 0 Å². The third kappa shape index (κ3) is 5.03. The van der Waals surface area contributed by atoms with Crippen LogP contribution in [0.5, 0.6) is 0 Å². The van der Waals surface area contributed by atoms with Gasteiger partial charge in [0, 0.05) is 25.7 Å². The van der Waals surface area contributed by atoms with Crippen molar-refractivity contribution in [3.05, 3.63) is 35.9 Å². The molecule has 1 aromatic carbocycles. The maximum atomic E-state index is 12.4. The molecule has 2 rings (SSSR count). The zero-order chi connectivity index (χ0) is 17.6. The first-order valence-corrected chi connectivity index (χ1v) is 9.04. The van der Waals surface area contributed by atoms with Gasteiger partial charge in [0.1, 0.15) is 0 Å². The average molecular weight is 332 g/mol. The Balaban J connectivity index is 1.72. The number of carbonyl (C=O) groups excluding carboxylic acids is 1. The molecule has 0 aromatic heterocycles. The second-order valence-corrected chi connectivity index (χ2v) is 7.22. The lowest BCUT2D eigenvalue weighted by molar-refractivity contribution is -0.135. The van der Waals surface area contributed by atoms with Gasteiger partial charge in [-0.2, -0.15) is 0 Å². The quantitative estimate of drug-likeness (QED) is 0.683. The molecule has 0 bridgehead atoms. The molecule has 1 fully saturated rings. The van der Waals surface area contributed by atoms with E-state index in [1.165, 1.54) is 5.56 Å². The van der Waals surface area contributed by atoms with Crippen LogP contribution in [-0.2, 0) is 4.79 Å². The van der Waals surface area contributed by atoms with E-state index in [1.54, 1.807) is 4.90 Å². The fourth-order valence-corrected chi connectivity index (χ4v) is 3.45. The molecule has 0 spiro atoms. The molecule has 0 radical (unpaired) electrons. The highest BCUT2D eigenvalue weighted by molar-refractivity contribution is 5.85. The van der Waals surface area contributed by atoms with Crippen LogP contribution in [0.1, 0.15) is 57.6 Å². The van der Waals surface area contributed by atoms with E-state index in [1.807, 2.05) is 20.0 Å². The maximum absolute atomic E-state index is 12.4. The summed E-state index contributed by atoms with van der Waals surface area (Å²) >= 11 is 0. The summed E-state index contributed by atoms with van der Waals surface area (Å²) in [5.74, 6) is 0.0454. The van der Waals surface area contributed by atoms with Crippen LogP contribution >= 0.6 is 0 Å². The topological polar surface area (TPSA) is 70.4 Å². The summed E-state index contributed by atoms with van der Waals surface area (Å²) in [4.78, 5) is 14.2. The highest BCUT2D eigenvalue weighted by atomic mass is 16.2. The van der Waals surface area contributed by atoms with Crippen LogP contribution < -0.4 is 16.6 Å². The zero-order valence-corrected chi connectivity index (χ0v) is 15.2. The molecular weight excluding hydrogens is 300 g/mol. The Labute approximate surface area is 146 Å². The molecule has 24 heavy (non-hydrogen) atoms. The van der Waals surface area contributed by atoms with Crippen LogP contribution in [0.4, 0.5) is 0 Å². The summed E-state index contributed by atoms with van der Waals surface area (Å²) in [7, 11) is 1.86. The third-order valence-electron chi connectivity index (χ3n) is 4.83. The summed E-state index contributed by atoms with van der Waals surface area (Å²) in [5.41, 5.74) is 13.5. The summed E-state index contributed by atoms with van der Waals surface area (Å²) < 4.78 is 0. The number of nitrogens with two attached hydrogens (primary N) is 1. The van der Waals surface area contributed by atoms with Gasteiger partial charge in [-0.1, -0.05) is 43.7 Å².